The molecule has 2 rings (SSSR count). The number of benzene rings is 1. The van der Waals surface area contributed by atoms with E-state index < -0.39 is 0 Å². The third-order valence-corrected chi connectivity index (χ3v) is 2.95. The Bertz CT molecular complexity index is 494. The predicted molar refractivity (Wildman–Crippen MR) is 68.7 cm³/mol. The molecule has 0 aliphatic heterocycles. The van der Waals surface area contributed by atoms with Crippen molar-refractivity contribution in [2.24, 2.45) is 5.73 Å². The van der Waals surface area contributed by atoms with E-state index in [4.69, 9.17) is 17.3 Å². The molecule has 16 heavy (non-hydrogen) atoms. The fourth-order valence-electron chi connectivity index (χ4n) is 1.69. The Kier molecular flexibility index (Phi) is 3.42. The Morgan fingerprint density at radius 3 is 2.88 bits per heavy atom. The molecule has 0 aliphatic carbocycles. The number of hydrogen-bond acceptors (Lipinski definition) is 2. The van der Waals surface area contributed by atoms with Gasteiger partial charge in [0, 0.05) is 11.4 Å². The van der Waals surface area contributed by atoms with Crippen molar-refractivity contribution in [1.29, 1.82) is 0 Å². The highest BCUT2D eigenvalue weighted by Crippen LogP contribution is 2.21. The highest BCUT2D eigenvalue weighted by Gasteiger charge is 2.05. The van der Waals surface area contributed by atoms with Gasteiger partial charge in [0.2, 0.25) is 0 Å². The molecule has 1 unspecified atom stereocenters. The van der Waals surface area contributed by atoms with Gasteiger partial charge in [-0.1, -0.05) is 29.8 Å². The van der Waals surface area contributed by atoms with E-state index in [2.05, 4.69) is 11.1 Å². The summed E-state index contributed by atoms with van der Waals surface area (Å²) in [5, 5.41) is 1.73. The lowest BCUT2D eigenvalue weighted by Gasteiger charge is -2.07. The molecule has 2 N–H and O–H groups in total. The molecule has 0 bridgehead atoms. The summed E-state index contributed by atoms with van der Waals surface area (Å²) in [5.41, 5.74) is 7.76. The van der Waals surface area contributed by atoms with E-state index in [1.165, 1.54) is 0 Å². The maximum Gasteiger partial charge on any atom is 0.132 e. The molecule has 0 saturated heterocycles. The third-order valence-electron chi connectivity index (χ3n) is 2.62. The number of fused-ring (bicyclic) bond motifs is 1. The van der Waals surface area contributed by atoms with Gasteiger partial charge in [-0.3, -0.25) is 0 Å². The molecule has 0 spiro atoms. The standard InChI is InChI=1S/C13H15ClN2/c1-9(15)6-7-11-8-10-4-2-3-5-12(10)16-13(11)14/h2-5,8-9H,6-7,15H2,1H3. The van der Waals surface area contributed by atoms with Gasteiger partial charge >= 0.3 is 0 Å². The topological polar surface area (TPSA) is 38.9 Å². The number of pyridine rings is 1. The van der Waals surface area contributed by atoms with Gasteiger partial charge in [0.15, 0.2) is 0 Å². The number of para-hydroxylation sites is 1. The summed E-state index contributed by atoms with van der Waals surface area (Å²) in [6.45, 7) is 2.00. The molecule has 3 heteroatoms. The maximum atomic E-state index is 6.13. The number of rotatable bonds is 3. The van der Waals surface area contributed by atoms with Crippen LogP contribution in [-0.4, -0.2) is 11.0 Å². The Balaban J connectivity index is 2.34. The van der Waals surface area contributed by atoms with Crippen LogP contribution in [-0.2, 0) is 6.42 Å². The van der Waals surface area contributed by atoms with Gasteiger partial charge in [0.05, 0.1) is 5.52 Å². The van der Waals surface area contributed by atoms with E-state index in [1.54, 1.807) is 0 Å². The number of aromatic nitrogens is 1. The molecule has 0 fully saturated rings. The van der Waals surface area contributed by atoms with E-state index in [1.807, 2.05) is 31.2 Å². The zero-order chi connectivity index (χ0) is 11.5. The molecular weight excluding hydrogens is 220 g/mol. The molecule has 0 radical (unpaired) electrons. The lowest BCUT2D eigenvalue weighted by atomic mass is 10.1. The number of nitrogens with two attached hydrogens (primary N) is 1. The third kappa shape index (κ3) is 2.52. The van der Waals surface area contributed by atoms with Gasteiger partial charge < -0.3 is 5.73 Å². The van der Waals surface area contributed by atoms with Crippen molar-refractivity contribution in [2.45, 2.75) is 25.8 Å². The molecule has 2 nitrogen and oxygen atoms in total. The minimum atomic E-state index is 0.197. The van der Waals surface area contributed by atoms with Crippen LogP contribution in [0.3, 0.4) is 0 Å². The first-order valence-electron chi connectivity index (χ1n) is 5.46. The molecule has 1 aromatic carbocycles. The summed E-state index contributed by atoms with van der Waals surface area (Å²) in [6.07, 6.45) is 1.81. The Labute approximate surface area is 100 Å². The first-order chi connectivity index (χ1) is 7.66. The smallest absolute Gasteiger partial charge is 0.132 e. The molecule has 2 aromatic rings. The zero-order valence-electron chi connectivity index (χ0n) is 9.28. The molecule has 0 saturated carbocycles. The lowest BCUT2D eigenvalue weighted by Crippen LogP contribution is -2.15. The first kappa shape index (κ1) is 11.4. The van der Waals surface area contributed by atoms with Gasteiger partial charge in [-0.25, -0.2) is 4.98 Å². The van der Waals surface area contributed by atoms with Crippen LogP contribution in [0.2, 0.25) is 5.15 Å². The van der Waals surface area contributed by atoms with Crippen molar-refractivity contribution in [3.63, 3.8) is 0 Å². The summed E-state index contributed by atoms with van der Waals surface area (Å²) >= 11 is 6.13. The van der Waals surface area contributed by atoms with E-state index in [0.29, 0.717) is 5.15 Å². The lowest BCUT2D eigenvalue weighted by molar-refractivity contribution is 0.665. The Hall–Kier alpha value is -1.12. The van der Waals surface area contributed by atoms with Crippen LogP contribution in [0.4, 0.5) is 0 Å². The van der Waals surface area contributed by atoms with Gasteiger partial charge in [0.1, 0.15) is 5.15 Å². The minimum Gasteiger partial charge on any atom is -0.328 e. The molecular formula is C13H15ClN2. The summed E-state index contributed by atoms with van der Waals surface area (Å²) in [6, 6.07) is 10.3. The van der Waals surface area contributed by atoms with Crippen LogP contribution >= 0.6 is 11.6 Å². The fourth-order valence-corrected chi connectivity index (χ4v) is 1.93. The first-order valence-corrected chi connectivity index (χ1v) is 5.84. The summed E-state index contributed by atoms with van der Waals surface area (Å²) in [5.74, 6) is 0. The van der Waals surface area contributed by atoms with Gasteiger partial charge in [0.25, 0.3) is 0 Å². The molecule has 84 valence electrons. The molecule has 1 atom stereocenters. The Morgan fingerprint density at radius 1 is 1.38 bits per heavy atom. The van der Waals surface area contributed by atoms with Gasteiger partial charge in [-0.15, -0.1) is 0 Å². The van der Waals surface area contributed by atoms with Crippen LogP contribution in [0.15, 0.2) is 30.3 Å². The van der Waals surface area contributed by atoms with E-state index in [9.17, 15) is 0 Å². The van der Waals surface area contributed by atoms with Crippen LogP contribution in [0.1, 0.15) is 18.9 Å². The highest BCUT2D eigenvalue weighted by molar-refractivity contribution is 6.30. The van der Waals surface area contributed by atoms with E-state index in [0.717, 1.165) is 29.3 Å². The fraction of sp³-hybridized carbons (Fsp3) is 0.308. The van der Waals surface area contributed by atoms with Crippen LogP contribution < -0.4 is 5.73 Å². The number of hydrogen-bond donors (Lipinski definition) is 1. The van der Waals surface area contributed by atoms with Crippen molar-refractivity contribution >= 4 is 22.5 Å². The minimum absolute atomic E-state index is 0.197. The zero-order valence-corrected chi connectivity index (χ0v) is 10.0. The second kappa shape index (κ2) is 4.81. The SMILES string of the molecule is CC(N)CCc1cc2ccccc2nc1Cl. The highest BCUT2D eigenvalue weighted by atomic mass is 35.5. The van der Waals surface area contributed by atoms with E-state index in [-0.39, 0.29) is 6.04 Å². The van der Waals surface area contributed by atoms with Crippen LogP contribution in [0, 0.1) is 0 Å². The quantitative estimate of drug-likeness (QED) is 0.829. The van der Waals surface area contributed by atoms with Crippen LogP contribution in [0.25, 0.3) is 10.9 Å². The summed E-state index contributed by atoms with van der Waals surface area (Å²) in [4.78, 5) is 4.38. The Morgan fingerprint density at radius 2 is 2.12 bits per heavy atom. The number of nitrogens with zero attached hydrogens (tertiary/aromatic N) is 1. The molecule has 1 heterocycles. The number of aryl methyl sites for hydroxylation is 1. The second-order valence-electron chi connectivity index (χ2n) is 4.15. The summed E-state index contributed by atoms with van der Waals surface area (Å²) < 4.78 is 0. The van der Waals surface area contributed by atoms with Gasteiger partial charge in [-0.05, 0) is 37.5 Å². The van der Waals surface area contributed by atoms with Crippen molar-refractivity contribution in [3.8, 4) is 0 Å². The van der Waals surface area contributed by atoms with Crippen molar-refractivity contribution in [3.05, 3.63) is 41.0 Å². The normalized spacial score (nSPS) is 12.9. The monoisotopic (exact) mass is 234 g/mol. The van der Waals surface area contributed by atoms with E-state index >= 15 is 0 Å². The largest absolute Gasteiger partial charge is 0.328 e. The number of halogens is 1. The van der Waals surface area contributed by atoms with Crippen LogP contribution in [0.5, 0.6) is 0 Å². The van der Waals surface area contributed by atoms with Gasteiger partial charge in [-0.2, -0.15) is 0 Å². The van der Waals surface area contributed by atoms with Crippen molar-refractivity contribution in [1.82, 2.24) is 4.98 Å². The molecule has 0 aliphatic rings. The average Bonchev–Trinajstić information content (AvgIpc) is 2.26. The second-order valence-corrected chi connectivity index (χ2v) is 4.50. The molecule has 1 aromatic heterocycles. The average molecular weight is 235 g/mol. The van der Waals surface area contributed by atoms with Crippen molar-refractivity contribution < 1.29 is 0 Å². The van der Waals surface area contributed by atoms with Crippen molar-refractivity contribution in [2.75, 3.05) is 0 Å². The summed E-state index contributed by atoms with van der Waals surface area (Å²) in [7, 11) is 0. The molecule has 0 amide bonds. The predicted octanol–water partition coefficient (Wildman–Crippen LogP) is 3.17. The maximum absolute atomic E-state index is 6.13.